The maximum absolute atomic E-state index is 13.4. The average molecular weight is 402 g/mol. The number of aliphatic hydroxyl groups is 1. The van der Waals surface area contributed by atoms with Gasteiger partial charge >= 0.3 is 6.18 Å². The van der Waals surface area contributed by atoms with Gasteiger partial charge < -0.3 is 15.3 Å². The molecule has 2 unspecified atom stereocenters. The van der Waals surface area contributed by atoms with Crippen LogP contribution in [0.4, 0.5) is 13.2 Å². The molecule has 0 aromatic heterocycles. The summed E-state index contributed by atoms with van der Waals surface area (Å²) in [5.41, 5.74) is -2.77. The summed E-state index contributed by atoms with van der Waals surface area (Å²) in [7, 11) is 0. The van der Waals surface area contributed by atoms with Gasteiger partial charge in [0.25, 0.3) is 0 Å². The van der Waals surface area contributed by atoms with Crippen LogP contribution in [0.3, 0.4) is 0 Å². The largest absolute Gasteiger partial charge is 0.508 e. The molecule has 0 aliphatic rings. The first-order chi connectivity index (χ1) is 13.5. The fourth-order valence-corrected chi connectivity index (χ4v) is 3.46. The highest BCUT2D eigenvalue weighted by atomic mass is 19.4. The summed E-state index contributed by atoms with van der Waals surface area (Å²) in [5.74, 6) is -0.576. The summed E-state index contributed by atoms with van der Waals surface area (Å²) in [4.78, 5) is 0. The lowest BCUT2D eigenvalue weighted by Gasteiger charge is -2.34. The highest BCUT2D eigenvalue weighted by Gasteiger charge is 2.52. The van der Waals surface area contributed by atoms with Gasteiger partial charge in [-0.05, 0) is 54.8 Å². The highest BCUT2D eigenvalue weighted by molar-refractivity contribution is 5.53. The Morgan fingerprint density at radius 3 is 1.76 bits per heavy atom. The van der Waals surface area contributed by atoms with Crippen LogP contribution < -0.4 is 0 Å². The number of halogens is 3. The Hall–Kier alpha value is -2.99. The quantitative estimate of drug-likeness (QED) is 0.524. The van der Waals surface area contributed by atoms with Gasteiger partial charge in [0.05, 0.1) is 0 Å². The summed E-state index contributed by atoms with van der Waals surface area (Å²) < 4.78 is 40.3. The van der Waals surface area contributed by atoms with Gasteiger partial charge in [0.1, 0.15) is 11.5 Å². The van der Waals surface area contributed by atoms with E-state index in [0.29, 0.717) is 12.5 Å². The molecule has 3 nitrogen and oxygen atoms in total. The first kappa shape index (κ1) is 20.7. The first-order valence-corrected chi connectivity index (χ1v) is 8.96. The number of hydrogen-bond acceptors (Lipinski definition) is 3. The molecule has 0 heterocycles. The van der Waals surface area contributed by atoms with Crippen LogP contribution in [0, 0.1) is 0 Å². The lowest BCUT2D eigenvalue weighted by Crippen LogP contribution is -2.39. The van der Waals surface area contributed by atoms with E-state index in [4.69, 9.17) is 0 Å². The normalized spacial score (nSPS) is 16.1. The number of phenolic OH excluding ortho intramolecular Hbond substituents is 2. The highest BCUT2D eigenvalue weighted by Crippen LogP contribution is 2.46. The Morgan fingerprint density at radius 2 is 1.21 bits per heavy atom. The molecule has 0 fully saturated rings. The van der Waals surface area contributed by atoms with E-state index in [2.05, 4.69) is 0 Å². The third-order valence-corrected chi connectivity index (χ3v) is 5.45. The summed E-state index contributed by atoms with van der Waals surface area (Å²) in [5, 5.41) is 29.9. The van der Waals surface area contributed by atoms with Gasteiger partial charge in [-0.1, -0.05) is 48.5 Å². The Kier molecular flexibility index (Phi) is 5.09. The van der Waals surface area contributed by atoms with Crippen molar-refractivity contribution in [3.8, 4) is 11.5 Å². The van der Waals surface area contributed by atoms with Crippen molar-refractivity contribution >= 4 is 0 Å². The van der Waals surface area contributed by atoms with E-state index >= 15 is 0 Å². The van der Waals surface area contributed by atoms with E-state index in [1.807, 2.05) is 37.3 Å². The van der Waals surface area contributed by atoms with E-state index in [1.165, 1.54) is 24.3 Å². The fourth-order valence-electron chi connectivity index (χ4n) is 3.46. The van der Waals surface area contributed by atoms with Gasteiger partial charge in [-0.2, -0.15) is 13.2 Å². The Balaban J connectivity index is 2.28. The van der Waals surface area contributed by atoms with Crippen molar-refractivity contribution in [2.75, 3.05) is 0 Å². The predicted octanol–water partition coefficient (Wildman–Crippen LogP) is 5.22. The molecule has 152 valence electrons. The topological polar surface area (TPSA) is 60.7 Å². The Morgan fingerprint density at radius 1 is 0.690 bits per heavy atom. The van der Waals surface area contributed by atoms with Crippen LogP contribution in [0.2, 0.25) is 0 Å². The van der Waals surface area contributed by atoms with Crippen molar-refractivity contribution in [3.63, 3.8) is 0 Å². The first-order valence-electron chi connectivity index (χ1n) is 8.96. The number of benzene rings is 3. The van der Waals surface area contributed by atoms with Gasteiger partial charge in [0, 0.05) is 11.0 Å². The molecule has 0 saturated carbocycles. The minimum Gasteiger partial charge on any atom is -0.508 e. The minimum atomic E-state index is -4.97. The predicted molar refractivity (Wildman–Crippen MR) is 104 cm³/mol. The van der Waals surface area contributed by atoms with Crippen LogP contribution in [0.5, 0.6) is 11.5 Å². The number of rotatable bonds is 4. The van der Waals surface area contributed by atoms with Crippen LogP contribution in [0.25, 0.3) is 0 Å². The van der Waals surface area contributed by atoms with Crippen LogP contribution in [-0.2, 0) is 11.0 Å². The summed E-state index contributed by atoms with van der Waals surface area (Å²) in [6, 6.07) is 19.4. The maximum atomic E-state index is 13.4. The van der Waals surface area contributed by atoms with Gasteiger partial charge in [-0.15, -0.1) is 0 Å². The molecule has 0 spiro atoms. The fraction of sp³-hybridized carbons (Fsp3) is 0.217. The zero-order valence-electron chi connectivity index (χ0n) is 15.9. The van der Waals surface area contributed by atoms with E-state index in [-0.39, 0.29) is 5.75 Å². The molecule has 29 heavy (non-hydrogen) atoms. The second kappa shape index (κ2) is 7.12. The molecule has 2 atom stereocenters. The van der Waals surface area contributed by atoms with Crippen LogP contribution in [-0.4, -0.2) is 21.5 Å². The molecule has 3 rings (SSSR count). The molecular formula is C23H21F3O3. The number of alkyl halides is 3. The SMILES string of the molecule is CC(c1ccccc1)(c1ccc(O)cc1)c1ccc(O)c(C(C)(O)C(F)(F)F)c1. The van der Waals surface area contributed by atoms with E-state index in [1.54, 1.807) is 12.1 Å². The molecule has 3 aromatic carbocycles. The average Bonchev–Trinajstić information content (AvgIpc) is 2.68. The third-order valence-electron chi connectivity index (χ3n) is 5.45. The maximum Gasteiger partial charge on any atom is 0.421 e. The van der Waals surface area contributed by atoms with Gasteiger partial charge in [0.15, 0.2) is 5.60 Å². The summed E-state index contributed by atoms with van der Waals surface area (Å²) >= 11 is 0. The zero-order chi connectivity index (χ0) is 21.4. The number of aromatic hydroxyl groups is 2. The molecule has 0 radical (unpaired) electrons. The van der Waals surface area contributed by atoms with E-state index < -0.39 is 28.5 Å². The van der Waals surface area contributed by atoms with Crippen molar-refractivity contribution in [1.82, 2.24) is 0 Å². The van der Waals surface area contributed by atoms with Gasteiger partial charge in [-0.25, -0.2) is 0 Å². The smallest absolute Gasteiger partial charge is 0.421 e. The van der Waals surface area contributed by atoms with Gasteiger partial charge in [0.2, 0.25) is 0 Å². The van der Waals surface area contributed by atoms with Crippen LogP contribution >= 0.6 is 0 Å². The van der Waals surface area contributed by atoms with Crippen molar-refractivity contribution in [2.24, 2.45) is 0 Å². The Bertz CT molecular complexity index is 996. The van der Waals surface area contributed by atoms with Crippen molar-refractivity contribution in [2.45, 2.75) is 31.0 Å². The zero-order valence-corrected chi connectivity index (χ0v) is 15.9. The minimum absolute atomic E-state index is 0.0653. The van der Waals surface area contributed by atoms with Gasteiger partial charge in [-0.3, -0.25) is 0 Å². The van der Waals surface area contributed by atoms with Crippen molar-refractivity contribution in [3.05, 3.63) is 95.1 Å². The summed E-state index contributed by atoms with van der Waals surface area (Å²) in [6.07, 6.45) is -4.97. The van der Waals surface area contributed by atoms with Crippen LogP contribution in [0.1, 0.15) is 36.1 Å². The number of phenols is 2. The van der Waals surface area contributed by atoms with E-state index in [0.717, 1.165) is 17.2 Å². The van der Waals surface area contributed by atoms with Crippen molar-refractivity contribution < 1.29 is 28.5 Å². The number of hydrogen-bond donors (Lipinski definition) is 3. The molecule has 3 N–H and O–H groups in total. The standard InChI is InChI=1S/C23H21F3O3/c1-21(15-6-4-3-5-7-15,16-8-11-18(27)12-9-16)17-10-13-20(28)19(14-17)22(2,29)23(24,25)26/h3-14,27-29H,1-2H3. The molecule has 3 aromatic rings. The lowest BCUT2D eigenvalue weighted by molar-refractivity contribution is -0.259. The second-order valence-electron chi connectivity index (χ2n) is 7.34. The second-order valence-corrected chi connectivity index (χ2v) is 7.34. The van der Waals surface area contributed by atoms with Crippen molar-refractivity contribution in [1.29, 1.82) is 0 Å². The molecule has 0 amide bonds. The van der Waals surface area contributed by atoms with Crippen LogP contribution in [0.15, 0.2) is 72.8 Å². The lowest BCUT2D eigenvalue weighted by atomic mass is 9.70. The molecule has 0 aliphatic heterocycles. The monoisotopic (exact) mass is 402 g/mol. The molecular weight excluding hydrogens is 381 g/mol. The third kappa shape index (κ3) is 3.56. The molecule has 6 heteroatoms. The molecule has 0 aliphatic carbocycles. The molecule has 0 saturated heterocycles. The Labute approximate surface area is 166 Å². The molecule has 0 bridgehead atoms. The van der Waals surface area contributed by atoms with E-state index in [9.17, 15) is 28.5 Å². The summed E-state index contributed by atoms with van der Waals surface area (Å²) in [6.45, 7) is 2.46.